The minimum Gasteiger partial charge on any atom is -0.425 e. The van der Waals surface area contributed by atoms with Crippen LogP contribution in [0.1, 0.15) is 74.9 Å². The Kier molecular flexibility index (Phi) is 14.2. The van der Waals surface area contributed by atoms with Gasteiger partial charge in [-0.2, -0.15) is 6.92 Å². The Hall–Kier alpha value is -3.55. The quantitative estimate of drug-likeness (QED) is 0.113. The fourth-order valence-electron chi connectivity index (χ4n) is 4.57. The van der Waals surface area contributed by atoms with Gasteiger partial charge in [-0.15, -0.1) is 6.07 Å². The average molecular weight is 682 g/mol. The Morgan fingerprint density at radius 2 is 1.32 bits per heavy atom. The van der Waals surface area contributed by atoms with Gasteiger partial charge in [-0.3, -0.25) is 24.0 Å². The van der Waals surface area contributed by atoms with Crippen LogP contribution in [0, 0.1) is 6.92 Å². The van der Waals surface area contributed by atoms with Crippen LogP contribution < -0.4 is 10.6 Å². The summed E-state index contributed by atoms with van der Waals surface area (Å²) >= 11 is 0. The third-order valence-corrected chi connectivity index (χ3v) is 6.70. The maximum Gasteiger partial charge on any atom is 0.287 e. The molecule has 2 N–H and O–H groups in total. The molecule has 13 nitrogen and oxygen atoms in total. The molecule has 0 atom stereocenters. The standard InChI is InChI=1S/C30H38N7O6.Y/c1-19(38)6-9-31-10-7-25(41)14-22-17-36(4)28(33-22)27(42)15-23-18-37(5)29(34-23)30(43)32-11-8-24(40)12-21-13-26(20(2)39)35(3)16-21;/h13,16-18,31H,2,6-12,14-15H2,1,3-5H3,(H,32,43);/q-1;. The van der Waals surface area contributed by atoms with Crippen LogP contribution in [0.15, 0.2) is 24.7 Å². The number of amides is 1. The number of carbonyl (C=O) groups excluding carboxylic acids is 6. The van der Waals surface area contributed by atoms with E-state index in [2.05, 4.69) is 27.5 Å². The molecule has 0 aliphatic heterocycles. The third-order valence-electron chi connectivity index (χ3n) is 6.70. The van der Waals surface area contributed by atoms with Crippen LogP contribution in [0.3, 0.4) is 0 Å². The number of aryl methyl sites for hydroxylation is 3. The van der Waals surface area contributed by atoms with E-state index in [1.165, 1.54) is 11.5 Å². The number of rotatable bonds is 18. The zero-order chi connectivity index (χ0) is 31.7. The van der Waals surface area contributed by atoms with Gasteiger partial charge in [0.25, 0.3) is 5.91 Å². The number of hydrogen-bond donors (Lipinski definition) is 2. The number of carbonyl (C=O) groups is 6. The van der Waals surface area contributed by atoms with Crippen LogP contribution in [-0.2, 0) is 87.5 Å². The van der Waals surface area contributed by atoms with Crippen molar-refractivity contribution in [2.75, 3.05) is 19.6 Å². The van der Waals surface area contributed by atoms with E-state index < -0.39 is 5.91 Å². The first-order valence-electron chi connectivity index (χ1n) is 13.9. The predicted molar refractivity (Wildman–Crippen MR) is 157 cm³/mol. The van der Waals surface area contributed by atoms with Gasteiger partial charge in [0.1, 0.15) is 17.3 Å². The Morgan fingerprint density at radius 1 is 0.750 bits per heavy atom. The summed E-state index contributed by atoms with van der Waals surface area (Å²) in [5, 5.41) is 5.74. The Morgan fingerprint density at radius 3 is 1.95 bits per heavy atom. The Bertz CT molecular complexity index is 1530. The van der Waals surface area contributed by atoms with E-state index in [4.69, 9.17) is 0 Å². The molecule has 3 rings (SSSR count). The van der Waals surface area contributed by atoms with Crippen molar-refractivity contribution in [2.24, 2.45) is 21.1 Å². The molecule has 0 saturated heterocycles. The summed E-state index contributed by atoms with van der Waals surface area (Å²) < 4.78 is 4.70. The van der Waals surface area contributed by atoms with E-state index in [-0.39, 0.29) is 112 Å². The fourth-order valence-corrected chi connectivity index (χ4v) is 4.57. The van der Waals surface area contributed by atoms with E-state index >= 15 is 0 Å². The van der Waals surface area contributed by atoms with Gasteiger partial charge in [-0.1, -0.05) is 5.69 Å². The van der Waals surface area contributed by atoms with Crippen LogP contribution in [0.4, 0.5) is 0 Å². The topological polar surface area (TPSA) is 167 Å². The maximum atomic E-state index is 13.0. The number of nitrogens with one attached hydrogen (secondary N) is 2. The van der Waals surface area contributed by atoms with Crippen molar-refractivity contribution in [3.05, 3.63) is 65.9 Å². The third kappa shape index (κ3) is 10.9. The smallest absolute Gasteiger partial charge is 0.287 e. The van der Waals surface area contributed by atoms with Crippen LogP contribution in [0.5, 0.6) is 0 Å². The van der Waals surface area contributed by atoms with Gasteiger partial charge < -0.3 is 29.1 Å². The second-order valence-electron chi connectivity index (χ2n) is 10.6. The summed E-state index contributed by atoms with van der Waals surface area (Å²) in [5.74, 6) is -0.887. The number of imidazole rings is 2. The molecule has 14 heteroatoms. The first-order valence-corrected chi connectivity index (χ1v) is 13.9. The summed E-state index contributed by atoms with van der Waals surface area (Å²) in [6, 6.07) is 1.63. The summed E-state index contributed by atoms with van der Waals surface area (Å²) in [6.45, 7) is 6.00. The summed E-state index contributed by atoms with van der Waals surface area (Å²) in [5.41, 5.74) is 1.98. The van der Waals surface area contributed by atoms with Crippen LogP contribution >= 0.6 is 0 Å². The second-order valence-corrected chi connectivity index (χ2v) is 10.6. The molecule has 3 heterocycles. The van der Waals surface area contributed by atoms with E-state index in [9.17, 15) is 28.8 Å². The molecule has 0 spiro atoms. The molecule has 3 aromatic rings. The minimum absolute atomic E-state index is 0. The molecule has 0 fully saturated rings. The average Bonchev–Trinajstić information content (AvgIpc) is 3.59. The van der Waals surface area contributed by atoms with Gasteiger partial charge >= 0.3 is 0 Å². The zero-order valence-corrected chi connectivity index (χ0v) is 28.5. The van der Waals surface area contributed by atoms with E-state index in [1.54, 1.807) is 54.9 Å². The van der Waals surface area contributed by atoms with E-state index in [1.807, 2.05) is 0 Å². The monoisotopic (exact) mass is 681 g/mol. The van der Waals surface area contributed by atoms with Crippen LogP contribution in [-0.4, -0.2) is 78.1 Å². The van der Waals surface area contributed by atoms with Crippen molar-refractivity contribution >= 4 is 34.8 Å². The van der Waals surface area contributed by atoms with Crippen molar-refractivity contribution in [3.63, 3.8) is 0 Å². The summed E-state index contributed by atoms with van der Waals surface area (Å²) in [7, 11) is 5.02. The molecular formula is C30H38N7O6Y-. The molecule has 0 saturated carbocycles. The largest absolute Gasteiger partial charge is 0.425 e. The van der Waals surface area contributed by atoms with E-state index in [0.717, 1.165) is 0 Å². The van der Waals surface area contributed by atoms with Crippen molar-refractivity contribution in [2.45, 2.75) is 45.4 Å². The number of aromatic nitrogens is 5. The molecule has 0 aliphatic carbocycles. The summed E-state index contributed by atoms with van der Waals surface area (Å²) in [4.78, 5) is 81.4. The van der Waals surface area contributed by atoms with Gasteiger partial charge in [-0.25, -0.2) is 9.97 Å². The Labute approximate surface area is 281 Å². The predicted octanol–water partition coefficient (Wildman–Crippen LogP) is 0.934. The van der Waals surface area contributed by atoms with Gasteiger partial charge in [0.2, 0.25) is 5.78 Å². The molecular weight excluding hydrogens is 643 g/mol. The SMILES string of the molecule is [CH2-]C(=O)c1cc(CC(=O)CCNC(=O)c2nc(CC(=O)c3nc(CC(=O)CCNCCC(C)=O)cn3C)cn2C)cn1C.[Y]. The van der Waals surface area contributed by atoms with Gasteiger partial charge in [-0.05, 0) is 25.7 Å². The molecule has 1 amide bonds. The van der Waals surface area contributed by atoms with Crippen molar-refractivity contribution in [3.8, 4) is 0 Å². The number of nitrogens with zero attached hydrogens (tertiary/aromatic N) is 5. The van der Waals surface area contributed by atoms with Crippen molar-refractivity contribution in [1.82, 2.24) is 34.3 Å². The van der Waals surface area contributed by atoms with Gasteiger partial charge in [0.05, 0.1) is 24.2 Å². The van der Waals surface area contributed by atoms with Gasteiger partial charge in [0, 0.05) is 110 Å². The molecule has 0 bridgehead atoms. The molecule has 0 aliphatic rings. The fraction of sp³-hybridized carbons (Fsp3) is 0.433. The first kappa shape index (κ1) is 36.6. The summed E-state index contributed by atoms with van der Waals surface area (Å²) in [6.07, 6.45) is 5.88. The number of hydrogen-bond acceptors (Lipinski definition) is 9. The molecule has 1 radical (unpaired) electrons. The molecule has 44 heavy (non-hydrogen) atoms. The van der Waals surface area contributed by atoms with Crippen LogP contribution in [0.25, 0.3) is 0 Å². The number of Topliss-reactive ketones (excluding diaryl/α,β-unsaturated/α-hetero) is 5. The van der Waals surface area contributed by atoms with Crippen LogP contribution in [0.2, 0.25) is 0 Å². The number of ketones is 5. The van der Waals surface area contributed by atoms with Crippen molar-refractivity contribution < 1.29 is 61.5 Å². The van der Waals surface area contributed by atoms with E-state index in [0.29, 0.717) is 42.2 Å². The maximum absolute atomic E-state index is 13.0. The normalized spacial score (nSPS) is 10.7. The second kappa shape index (κ2) is 17.1. The van der Waals surface area contributed by atoms with Gasteiger partial charge in [0.15, 0.2) is 11.6 Å². The minimum atomic E-state index is -0.479. The molecule has 0 unspecified atom stereocenters. The Balaban J connectivity index is 0.00000675. The molecule has 233 valence electrons. The first-order chi connectivity index (χ1) is 20.3. The zero-order valence-electron chi connectivity index (χ0n) is 25.6. The molecule has 0 aromatic carbocycles. The van der Waals surface area contributed by atoms with Crippen molar-refractivity contribution in [1.29, 1.82) is 0 Å². The molecule has 3 aromatic heterocycles.